The summed E-state index contributed by atoms with van der Waals surface area (Å²) in [5, 5.41) is 6.88. The highest BCUT2D eigenvalue weighted by molar-refractivity contribution is 7.07. The molecule has 1 aliphatic heterocycles. The molecule has 5 heteroatoms. The van der Waals surface area contributed by atoms with Crippen LogP contribution in [0.15, 0.2) is 16.8 Å². The van der Waals surface area contributed by atoms with Gasteiger partial charge in [0.15, 0.2) is 0 Å². The van der Waals surface area contributed by atoms with Gasteiger partial charge in [-0.1, -0.05) is 0 Å². The van der Waals surface area contributed by atoms with E-state index >= 15 is 0 Å². The van der Waals surface area contributed by atoms with Crippen LogP contribution in [-0.2, 0) is 16.0 Å². The summed E-state index contributed by atoms with van der Waals surface area (Å²) in [6, 6.07) is 1.67. The van der Waals surface area contributed by atoms with Crippen LogP contribution in [0.3, 0.4) is 0 Å². The lowest BCUT2D eigenvalue weighted by atomic mass is 9.94. The van der Waals surface area contributed by atoms with Gasteiger partial charge in [0.25, 0.3) is 0 Å². The minimum atomic E-state index is -0.813. The van der Waals surface area contributed by atoms with Crippen molar-refractivity contribution in [3.05, 3.63) is 22.4 Å². The average Bonchev–Trinajstić information content (AvgIpc) is 2.79. The van der Waals surface area contributed by atoms with Gasteiger partial charge in [-0.05, 0) is 56.5 Å². The van der Waals surface area contributed by atoms with Gasteiger partial charge < -0.3 is 10.2 Å². The molecule has 2 amide bonds. The first kappa shape index (κ1) is 14.1. The molecule has 4 nitrogen and oxygen atoms in total. The molecule has 0 radical (unpaired) electrons. The van der Waals surface area contributed by atoms with E-state index < -0.39 is 11.6 Å². The van der Waals surface area contributed by atoms with Gasteiger partial charge in [0.05, 0.1) is 0 Å². The Balaban J connectivity index is 2.20. The smallest absolute Gasteiger partial charge is 0.248 e. The maximum absolute atomic E-state index is 12.5. The zero-order valence-electron chi connectivity index (χ0n) is 11.8. The summed E-state index contributed by atoms with van der Waals surface area (Å²) < 4.78 is 0. The summed E-state index contributed by atoms with van der Waals surface area (Å²) in [5.41, 5.74) is 0.397. The first-order chi connectivity index (χ1) is 8.83. The lowest BCUT2D eigenvalue weighted by Crippen LogP contribution is -2.69. The highest BCUT2D eigenvalue weighted by Gasteiger charge is 2.44. The maximum Gasteiger partial charge on any atom is 0.248 e. The van der Waals surface area contributed by atoms with Gasteiger partial charge in [0.1, 0.15) is 11.6 Å². The standard InChI is InChI=1S/C14H20N2O2S/c1-9(7-11-5-6-19-8-11)16-10(2)12(17)15-14(3,4)13(16)18/h5-6,8-10H,7H2,1-4H3,(H,15,17). The van der Waals surface area contributed by atoms with Gasteiger partial charge in [0, 0.05) is 6.04 Å². The molecular weight excluding hydrogens is 260 g/mol. The van der Waals surface area contributed by atoms with Crippen LogP contribution in [0.5, 0.6) is 0 Å². The molecular formula is C14H20N2O2S. The number of thiophene rings is 1. The number of piperazine rings is 1. The normalized spacial score (nSPS) is 24.2. The Morgan fingerprint density at radius 3 is 2.74 bits per heavy atom. The molecule has 2 unspecified atom stereocenters. The first-order valence-corrected chi connectivity index (χ1v) is 7.43. The van der Waals surface area contributed by atoms with E-state index in [-0.39, 0.29) is 17.9 Å². The number of nitrogens with zero attached hydrogens (tertiary/aromatic N) is 1. The van der Waals surface area contributed by atoms with Crippen molar-refractivity contribution in [3.63, 3.8) is 0 Å². The molecule has 1 N–H and O–H groups in total. The van der Waals surface area contributed by atoms with Crippen LogP contribution >= 0.6 is 11.3 Å². The highest BCUT2D eigenvalue weighted by Crippen LogP contribution is 2.22. The predicted molar refractivity (Wildman–Crippen MR) is 76.0 cm³/mol. The molecule has 2 atom stereocenters. The highest BCUT2D eigenvalue weighted by atomic mass is 32.1. The quantitative estimate of drug-likeness (QED) is 0.918. The van der Waals surface area contributed by atoms with E-state index in [1.807, 2.05) is 12.3 Å². The van der Waals surface area contributed by atoms with Gasteiger partial charge in [-0.15, -0.1) is 0 Å². The molecule has 1 aromatic heterocycles. The molecule has 0 aliphatic carbocycles. The first-order valence-electron chi connectivity index (χ1n) is 6.49. The predicted octanol–water partition coefficient (Wildman–Crippen LogP) is 1.80. The lowest BCUT2D eigenvalue weighted by molar-refractivity contribution is -0.155. The fourth-order valence-electron chi connectivity index (χ4n) is 2.52. The van der Waals surface area contributed by atoms with Gasteiger partial charge >= 0.3 is 0 Å². The summed E-state index contributed by atoms with van der Waals surface area (Å²) >= 11 is 1.65. The molecule has 19 heavy (non-hydrogen) atoms. The number of amides is 2. The van der Waals surface area contributed by atoms with Crippen molar-refractivity contribution >= 4 is 23.2 Å². The second-order valence-electron chi connectivity index (χ2n) is 5.69. The molecule has 2 rings (SSSR count). The van der Waals surface area contributed by atoms with Crippen molar-refractivity contribution in [2.24, 2.45) is 0 Å². The Morgan fingerprint density at radius 2 is 2.16 bits per heavy atom. The Kier molecular flexibility index (Phi) is 3.67. The van der Waals surface area contributed by atoms with Gasteiger partial charge in [-0.25, -0.2) is 0 Å². The molecule has 0 bridgehead atoms. The SMILES string of the molecule is CC(Cc1ccsc1)N1C(=O)C(C)(C)NC(=O)C1C. The van der Waals surface area contributed by atoms with Crippen molar-refractivity contribution in [1.82, 2.24) is 10.2 Å². The third-order valence-corrected chi connectivity index (χ3v) is 4.32. The zero-order valence-corrected chi connectivity index (χ0v) is 12.6. The number of nitrogens with one attached hydrogen (secondary N) is 1. The maximum atomic E-state index is 12.5. The largest absolute Gasteiger partial charge is 0.340 e. The monoisotopic (exact) mass is 280 g/mol. The van der Waals surface area contributed by atoms with Crippen molar-refractivity contribution in [2.75, 3.05) is 0 Å². The lowest BCUT2D eigenvalue weighted by Gasteiger charge is -2.44. The average molecular weight is 280 g/mol. The van der Waals surface area contributed by atoms with Crippen LogP contribution in [0.2, 0.25) is 0 Å². The molecule has 1 fully saturated rings. The molecule has 1 saturated heterocycles. The van der Waals surface area contributed by atoms with Crippen molar-refractivity contribution in [3.8, 4) is 0 Å². The van der Waals surface area contributed by atoms with E-state index in [4.69, 9.17) is 0 Å². The van der Waals surface area contributed by atoms with Crippen LogP contribution in [0.4, 0.5) is 0 Å². The summed E-state index contributed by atoms with van der Waals surface area (Å²) in [5.74, 6) is -0.0934. The molecule has 104 valence electrons. The van der Waals surface area contributed by atoms with Crippen LogP contribution in [0.1, 0.15) is 33.3 Å². The van der Waals surface area contributed by atoms with E-state index in [1.165, 1.54) is 5.56 Å². The number of carbonyl (C=O) groups excluding carboxylic acids is 2. The van der Waals surface area contributed by atoms with Crippen molar-refractivity contribution < 1.29 is 9.59 Å². The fourth-order valence-corrected chi connectivity index (χ4v) is 3.20. The van der Waals surface area contributed by atoms with E-state index in [9.17, 15) is 9.59 Å². The van der Waals surface area contributed by atoms with Crippen LogP contribution in [-0.4, -0.2) is 34.3 Å². The zero-order chi connectivity index (χ0) is 14.2. The van der Waals surface area contributed by atoms with Crippen LogP contribution < -0.4 is 5.32 Å². The van der Waals surface area contributed by atoms with Crippen molar-refractivity contribution in [1.29, 1.82) is 0 Å². The Bertz CT molecular complexity index is 482. The van der Waals surface area contributed by atoms with Gasteiger partial charge in [-0.3, -0.25) is 9.59 Å². The van der Waals surface area contributed by atoms with Crippen LogP contribution in [0, 0.1) is 0 Å². The molecule has 1 aromatic rings. The summed E-state index contributed by atoms with van der Waals surface area (Å²) in [7, 11) is 0. The second kappa shape index (κ2) is 4.96. The van der Waals surface area contributed by atoms with E-state index in [0.717, 1.165) is 6.42 Å². The molecule has 2 heterocycles. The Labute approximate surface area is 117 Å². The summed E-state index contributed by atoms with van der Waals surface area (Å²) in [6.45, 7) is 7.29. The molecule has 1 aliphatic rings. The van der Waals surface area contributed by atoms with E-state index in [0.29, 0.717) is 0 Å². The third kappa shape index (κ3) is 2.66. The minimum absolute atomic E-state index is 0.0117. The number of carbonyl (C=O) groups is 2. The summed E-state index contributed by atoms with van der Waals surface area (Å²) in [4.78, 5) is 26.2. The van der Waals surface area contributed by atoms with Crippen LogP contribution in [0.25, 0.3) is 0 Å². The Hall–Kier alpha value is -1.36. The molecule has 0 spiro atoms. The topological polar surface area (TPSA) is 49.4 Å². The summed E-state index contributed by atoms with van der Waals surface area (Å²) in [6.07, 6.45) is 0.781. The molecule has 0 aromatic carbocycles. The number of rotatable bonds is 3. The number of hydrogen-bond donors (Lipinski definition) is 1. The fraction of sp³-hybridized carbons (Fsp3) is 0.571. The van der Waals surface area contributed by atoms with Crippen molar-refractivity contribution in [2.45, 2.75) is 51.7 Å². The minimum Gasteiger partial charge on any atom is -0.340 e. The van der Waals surface area contributed by atoms with E-state index in [1.54, 1.807) is 37.0 Å². The van der Waals surface area contributed by atoms with E-state index in [2.05, 4.69) is 16.8 Å². The number of hydrogen-bond acceptors (Lipinski definition) is 3. The van der Waals surface area contributed by atoms with Gasteiger partial charge in [0.2, 0.25) is 11.8 Å². The third-order valence-electron chi connectivity index (χ3n) is 3.59. The Morgan fingerprint density at radius 1 is 1.47 bits per heavy atom. The van der Waals surface area contributed by atoms with Gasteiger partial charge in [-0.2, -0.15) is 11.3 Å². The molecule has 0 saturated carbocycles. The second-order valence-corrected chi connectivity index (χ2v) is 6.47.